The summed E-state index contributed by atoms with van der Waals surface area (Å²) in [6.45, 7) is 1.12. The summed E-state index contributed by atoms with van der Waals surface area (Å²) < 4.78 is 11.7. The van der Waals surface area contributed by atoms with Crippen LogP contribution in [0.25, 0.3) is 22.0 Å². The number of phenolic OH excluding ortho intramolecular Hbond substituents is 1. The van der Waals surface area contributed by atoms with Gasteiger partial charge in [0, 0.05) is 17.1 Å². The highest BCUT2D eigenvalue weighted by Crippen LogP contribution is 2.31. The van der Waals surface area contributed by atoms with Gasteiger partial charge >= 0.3 is 0 Å². The van der Waals surface area contributed by atoms with Crippen LogP contribution in [0.4, 0.5) is 0 Å². The van der Waals surface area contributed by atoms with E-state index >= 15 is 0 Å². The molecule has 0 radical (unpaired) electrons. The van der Waals surface area contributed by atoms with Crippen LogP contribution in [0.3, 0.4) is 0 Å². The van der Waals surface area contributed by atoms with Crippen LogP contribution in [0.1, 0.15) is 11.1 Å². The van der Waals surface area contributed by atoms with E-state index in [0.717, 1.165) is 22.1 Å². The molecule has 148 valence electrons. The molecule has 0 spiro atoms. The first-order valence-corrected chi connectivity index (χ1v) is 9.62. The molecule has 0 saturated heterocycles. The van der Waals surface area contributed by atoms with Gasteiger partial charge in [-0.1, -0.05) is 42.5 Å². The lowest BCUT2D eigenvalue weighted by Gasteiger charge is -2.13. The second kappa shape index (κ2) is 9.08. The smallest absolute Gasteiger partial charge is 0.141 e. The van der Waals surface area contributed by atoms with Crippen molar-refractivity contribution in [3.05, 3.63) is 90.1 Å². The summed E-state index contributed by atoms with van der Waals surface area (Å²) in [6, 6.07) is 24.7. The zero-order valence-corrected chi connectivity index (χ0v) is 16.3. The van der Waals surface area contributed by atoms with Crippen LogP contribution in [0, 0.1) is 11.3 Å². The minimum atomic E-state index is 0.156. The van der Waals surface area contributed by atoms with Crippen molar-refractivity contribution in [2.24, 2.45) is 0 Å². The number of aromatic hydroxyl groups is 1. The molecule has 0 amide bonds. The van der Waals surface area contributed by atoms with Crippen LogP contribution in [0.15, 0.2) is 79.0 Å². The lowest BCUT2D eigenvalue weighted by atomic mass is 10.0. The third-order valence-corrected chi connectivity index (χ3v) is 4.78. The van der Waals surface area contributed by atoms with Crippen molar-refractivity contribution >= 4 is 10.9 Å². The van der Waals surface area contributed by atoms with E-state index in [1.807, 2.05) is 54.6 Å². The summed E-state index contributed by atoms with van der Waals surface area (Å²) >= 11 is 0. The fourth-order valence-corrected chi connectivity index (χ4v) is 3.30. The minimum absolute atomic E-state index is 0.156. The molecule has 0 bridgehead atoms. The predicted octanol–water partition coefficient (Wildman–Crippen LogP) is 5.07. The molecule has 0 atom stereocenters. The zero-order valence-electron chi connectivity index (χ0n) is 16.3. The van der Waals surface area contributed by atoms with E-state index in [1.54, 1.807) is 24.4 Å². The number of hydrogen-bond acceptors (Lipinski definition) is 5. The first kappa shape index (κ1) is 19.4. The Balaban J connectivity index is 1.41. The number of pyridine rings is 1. The van der Waals surface area contributed by atoms with E-state index in [0.29, 0.717) is 36.7 Å². The van der Waals surface area contributed by atoms with Crippen LogP contribution >= 0.6 is 0 Å². The van der Waals surface area contributed by atoms with Crippen LogP contribution in [0.5, 0.6) is 11.5 Å². The largest absolute Gasteiger partial charge is 0.506 e. The highest BCUT2D eigenvalue weighted by Gasteiger charge is 2.09. The molecular weight excluding hydrogens is 376 g/mol. The number of rotatable bonds is 7. The molecule has 30 heavy (non-hydrogen) atoms. The highest BCUT2D eigenvalue weighted by molar-refractivity contribution is 5.87. The Morgan fingerprint density at radius 1 is 0.933 bits per heavy atom. The summed E-state index contributed by atoms with van der Waals surface area (Å²) in [4.78, 5) is 4.22. The van der Waals surface area contributed by atoms with Gasteiger partial charge in [-0.05, 0) is 41.5 Å². The van der Waals surface area contributed by atoms with E-state index in [9.17, 15) is 10.4 Å². The van der Waals surface area contributed by atoms with Gasteiger partial charge in [0.1, 0.15) is 23.6 Å². The standard InChI is InChI=1S/C25H20N2O3/c26-16-18-8-10-21(19-5-2-1-3-6-19)24(15-18)30-14-13-29-17-20-9-11-23(28)25-22(20)7-4-12-27-25/h1-12,15,28H,13-14,17H2. The Hall–Kier alpha value is -3.88. The quantitative estimate of drug-likeness (QED) is 0.441. The maximum Gasteiger partial charge on any atom is 0.141 e. The third kappa shape index (κ3) is 4.24. The molecule has 0 aliphatic heterocycles. The predicted molar refractivity (Wildman–Crippen MR) is 115 cm³/mol. The Morgan fingerprint density at radius 2 is 1.80 bits per heavy atom. The van der Waals surface area contributed by atoms with E-state index in [2.05, 4.69) is 11.1 Å². The summed E-state index contributed by atoms with van der Waals surface area (Å²) in [5.74, 6) is 0.812. The summed E-state index contributed by atoms with van der Waals surface area (Å²) in [5.41, 5.74) is 4.03. The van der Waals surface area contributed by atoms with E-state index in [4.69, 9.17) is 9.47 Å². The summed E-state index contributed by atoms with van der Waals surface area (Å²) in [6.07, 6.45) is 1.65. The zero-order chi connectivity index (χ0) is 20.8. The number of nitriles is 1. The van der Waals surface area contributed by atoms with Gasteiger partial charge < -0.3 is 14.6 Å². The second-order valence-electron chi connectivity index (χ2n) is 6.73. The molecule has 5 heteroatoms. The molecule has 1 N–H and O–H groups in total. The van der Waals surface area contributed by atoms with Crippen LogP contribution < -0.4 is 4.74 Å². The molecule has 0 aliphatic rings. The van der Waals surface area contributed by atoms with Crippen molar-refractivity contribution < 1.29 is 14.6 Å². The molecule has 1 heterocycles. The van der Waals surface area contributed by atoms with Gasteiger partial charge in [0.05, 0.1) is 24.8 Å². The molecule has 0 aliphatic carbocycles. The molecule has 0 saturated carbocycles. The third-order valence-electron chi connectivity index (χ3n) is 4.78. The Bertz CT molecular complexity index is 1200. The Labute approximate surface area is 174 Å². The van der Waals surface area contributed by atoms with E-state index < -0.39 is 0 Å². The molecule has 5 nitrogen and oxygen atoms in total. The minimum Gasteiger partial charge on any atom is -0.506 e. The number of hydrogen-bond donors (Lipinski definition) is 1. The van der Waals surface area contributed by atoms with Crippen LogP contribution in [-0.2, 0) is 11.3 Å². The van der Waals surface area contributed by atoms with Gasteiger partial charge in [-0.3, -0.25) is 4.98 Å². The van der Waals surface area contributed by atoms with Crippen molar-refractivity contribution in [3.63, 3.8) is 0 Å². The normalized spacial score (nSPS) is 10.6. The van der Waals surface area contributed by atoms with Gasteiger partial charge in [0.25, 0.3) is 0 Å². The van der Waals surface area contributed by atoms with Gasteiger partial charge in [0.15, 0.2) is 0 Å². The number of ether oxygens (including phenoxy) is 2. The molecular formula is C25H20N2O3. The van der Waals surface area contributed by atoms with Crippen LogP contribution in [-0.4, -0.2) is 23.3 Å². The van der Waals surface area contributed by atoms with Crippen molar-refractivity contribution in [1.29, 1.82) is 5.26 Å². The molecule has 3 aromatic carbocycles. The second-order valence-corrected chi connectivity index (χ2v) is 6.73. The van der Waals surface area contributed by atoms with E-state index in [1.165, 1.54) is 0 Å². The molecule has 0 fully saturated rings. The van der Waals surface area contributed by atoms with Crippen molar-refractivity contribution in [2.75, 3.05) is 13.2 Å². The highest BCUT2D eigenvalue weighted by atomic mass is 16.5. The molecule has 4 rings (SSSR count). The number of aromatic nitrogens is 1. The van der Waals surface area contributed by atoms with Gasteiger partial charge in [-0.15, -0.1) is 0 Å². The number of benzene rings is 3. The SMILES string of the molecule is N#Cc1ccc(-c2ccccc2)c(OCCOCc2ccc(O)c3ncccc23)c1. The first-order valence-electron chi connectivity index (χ1n) is 9.62. The maximum atomic E-state index is 9.95. The van der Waals surface area contributed by atoms with E-state index in [-0.39, 0.29) is 5.75 Å². The van der Waals surface area contributed by atoms with Crippen molar-refractivity contribution in [3.8, 4) is 28.7 Å². The molecule has 0 unspecified atom stereocenters. The van der Waals surface area contributed by atoms with Crippen molar-refractivity contribution in [2.45, 2.75) is 6.61 Å². The maximum absolute atomic E-state index is 9.95. The summed E-state index contributed by atoms with van der Waals surface area (Å²) in [7, 11) is 0. The van der Waals surface area contributed by atoms with Crippen LogP contribution in [0.2, 0.25) is 0 Å². The topological polar surface area (TPSA) is 75.4 Å². The molecule has 4 aromatic rings. The average molecular weight is 396 g/mol. The monoisotopic (exact) mass is 396 g/mol. The number of fused-ring (bicyclic) bond motifs is 1. The fourth-order valence-electron chi connectivity index (χ4n) is 3.30. The fraction of sp³-hybridized carbons (Fsp3) is 0.120. The Kier molecular flexibility index (Phi) is 5.88. The summed E-state index contributed by atoms with van der Waals surface area (Å²) in [5, 5.41) is 20.0. The molecule has 1 aromatic heterocycles. The average Bonchev–Trinajstić information content (AvgIpc) is 2.81. The number of phenols is 1. The lowest BCUT2D eigenvalue weighted by molar-refractivity contribution is 0.0897. The Morgan fingerprint density at radius 3 is 2.63 bits per heavy atom. The lowest BCUT2D eigenvalue weighted by Crippen LogP contribution is -2.07. The first-order chi connectivity index (χ1) is 14.8. The van der Waals surface area contributed by atoms with Gasteiger partial charge in [-0.25, -0.2) is 0 Å². The van der Waals surface area contributed by atoms with Crippen molar-refractivity contribution in [1.82, 2.24) is 4.98 Å². The number of nitrogens with zero attached hydrogens (tertiary/aromatic N) is 2. The van der Waals surface area contributed by atoms with Gasteiger partial charge in [0.2, 0.25) is 0 Å². The van der Waals surface area contributed by atoms with Gasteiger partial charge in [-0.2, -0.15) is 5.26 Å².